The standard InChI is InChI=1S/C15H13F2N3O2S/c1-2-18-15-19-14-10(9-5-3-7-11(16)13(9)17)6-4-8-12(14)23(21,22)20-15/h3-8H,2H2,1H3,(H2,18,19,20). The number of anilines is 1. The molecule has 0 atom stereocenters. The van der Waals surface area contributed by atoms with Crippen LogP contribution in [0.2, 0.25) is 0 Å². The lowest BCUT2D eigenvalue weighted by Crippen LogP contribution is -2.41. The largest absolute Gasteiger partial charge is 0.324 e. The molecule has 5 nitrogen and oxygen atoms in total. The van der Waals surface area contributed by atoms with Gasteiger partial charge >= 0.3 is 0 Å². The Balaban J connectivity index is 2.27. The lowest BCUT2D eigenvalue weighted by molar-refractivity contribution is 0.511. The smallest absolute Gasteiger partial charge is 0.266 e. The molecule has 0 amide bonds. The lowest BCUT2D eigenvalue weighted by Gasteiger charge is -2.24. The highest BCUT2D eigenvalue weighted by molar-refractivity contribution is 7.90. The van der Waals surface area contributed by atoms with Gasteiger partial charge in [0.05, 0.1) is 5.69 Å². The number of rotatable bonds is 2. The van der Waals surface area contributed by atoms with Crippen LogP contribution in [0.25, 0.3) is 11.1 Å². The summed E-state index contributed by atoms with van der Waals surface area (Å²) >= 11 is 0. The van der Waals surface area contributed by atoms with Gasteiger partial charge in [0.2, 0.25) is 5.96 Å². The predicted octanol–water partition coefficient (Wildman–Crippen LogP) is 2.71. The van der Waals surface area contributed by atoms with Crippen LogP contribution in [0.3, 0.4) is 0 Å². The fraction of sp³-hybridized carbons (Fsp3) is 0.133. The third-order valence-corrected chi connectivity index (χ3v) is 4.73. The predicted molar refractivity (Wildman–Crippen MR) is 83.7 cm³/mol. The molecule has 2 aromatic rings. The van der Waals surface area contributed by atoms with E-state index in [9.17, 15) is 17.2 Å². The molecule has 2 N–H and O–H groups in total. The number of halogens is 2. The molecular weight excluding hydrogens is 324 g/mol. The van der Waals surface area contributed by atoms with E-state index in [-0.39, 0.29) is 27.7 Å². The second-order valence-electron chi connectivity index (χ2n) is 4.83. The maximum absolute atomic E-state index is 14.1. The highest BCUT2D eigenvalue weighted by Crippen LogP contribution is 2.37. The number of fused-ring (bicyclic) bond motifs is 1. The zero-order valence-electron chi connectivity index (χ0n) is 12.1. The fourth-order valence-electron chi connectivity index (χ4n) is 2.38. The molecule has 1 heterocycles. The van der Waals surface area contributed by atoms with E-state index < -0.39 is 21.7 Å². The molecule has 0 aromatic heterocycles. The first kappa shape index (κ1) is 15.4. The van der Waals surface area contributed by atoms with Gasteiger partial charge < -0.3 is 5.32 Å². The van der Waals surface area contributed by atoms with Gasteiger partial charge in [-0.2, -0.15) is 0 Å². The van der Waals surface area contributed by atoms with Crippen molar-refractivity contribution < 1.29 is 17.2 Å². The van der Waals surface area contributed by atoms with E-state index in [1.807, 2.05) is 0 Å². The first-order valence-electron chi connectivity index (χ1n) is 6.85. The quantitative estimate of drug-likeness (QED) is 0.885. The van der Waals surface area contributed by atoms with Crippen molar-refractivity contribution >= 4 is 21.7 Å². The number of guanidine groups is 1. The Morgan fingerprint density at radius 2 is 1.78 bits per heavy atom. The molecule has 0 aliphatic carbocycles. The van der Waals surface area contributed by atoms with Crippen LogP contribution in [0.15, 0.2) is 46.3 Å². The first-order valence-corrected chi connectivity index (χ1v) is 8.34. The molecule has 0 fully saturated rings. The summed E-state index contributed by atoms with van der Waals surface area (Å²) in [6.07, 6.45) is 0. The van der Waals surface area contributed by atoms with Crippen molar-refractivity contribution in [1.82, 2.24) is 4.72 Å². The molecule has 1 aliphatic rings. The summed E-state index contributed by atoms with van der Waals surface area (Å²) in [6, 6.07) is 8.14. The Kier molecular flexibility index (Phi) is 3.77. The van der Waals surface area contributed by atoms with Crippen LogP contribution in [0.4, 0.5) is 14.5 Å². The highest BCUT2D eigenvalue weighted by atomic mass is 32.2. The minimum atomic E-state index is -3.83. The van der Waals surface area contributed by atoms with E-state index in [0.717, 1.165) is 6.07 Å². The van der Waals surface area contributed by atoms with Crippen LogP contribution in [-0.2, 0) is 10.0 Å². The summed E-state index contributed by atoms with van der Waals surface area (Å²) in [5, 5.41) is 2.84. The number of nitrogens with zero attached hydrogens (tertiary/aromatic N) is 1. The second-order valence-corrected chi connectivity index (χ2v) is 6.48. The molecule has 3 rings (SSSR count). The van der Waals surface area contributed by atoms with Crippen LogP contribution in [0.1, 0.15) is 6.92 Å². The van der Waals surface area contributed by atoms with E-state index in [4.69, 9.17) is 0 Å². The van der Waals surface area contributed by atoms with Crippen LogP contribution < -0.4 is 10.0 Å². The molecule has 0 spiro atoms. The fourth-order valence-corrected chi connectivity index (χ4v) is 3.54. The minimum absolute atomic E-state index is 0.0256. The molecule has 23 heavy (non-hydrogen) atoms. The number of para-hydroxylation sites is 1. The summed E-state index contributed by atoms with van der Waals surface area (Å²) in [5.74, 6) is -1.99. The van der Waals surface area contributed by atoms with E-state index in [1.165, 1.54) is 30.3 Å². The summed E-state index contributed by atoms with van der Waals surface area (Å²) in [4.78, 5) is 3.95. The number of sulfonamides is 1. The van der Waals surface area contributed by atoms with Gasteiger partial charge in [-0.1, -0.05) is 24.3 Å². The summed E-state index contributed by atoms with van der Waals surface area (Å²) in [6.45, 7) is 2.10. The molecular formula is C15H13F2N3O2S. The van der Waals surface area contributed by atoms with Gasteiger partial charge in [0.15, 0.2) is 11.6 Å². The average Bonchev–Trinajstić information content (AvgIpc) is 2.49. The number of hydrogen-bond donors (Lipinski definition) is 2. The van der Waals surface area contributed by atoms with Crippen molar-refractivity contribution in [2.24, 2.45) is 4.99 Å². The number of nitrogens with one attached hydrogen (secondary N) is 2. The number of aliphatic imine (C=N–C) groups is 1. The van der Waals surface area contributed by atoms with Crippen molar-refractivity contribution in [2.75, 3.05) is 11.9 Å². The highest BCUT2D eigenvalue weighted by Gasteiger charge is 2.29. The lowest BCUT2D eigenvalue weighted by atomic mass is 10.0. The van der Waals surface area contributed by atoms with E-state index >= 15 is 0 Å². The van der Waals surface area contributed by atoms with E-state index in [1.54, 1.807) is 6.92 Å². The maximum atomic E-state index is 14.1. The van der Waals surface area contributed by atoms with Gasteiger partial charge in [0.25, 0.3) is 10.0 Å². The molecule has 0 saturated carbocycles. The van der Waals surface area contributed by atoms with Crippen LogP contribution in [0.5, 0.6) is 0 Å². The molecule has 8 heteroatoms. The number of hydrogen-bond acceptors (Lipinski definition) is 3. The third kappa shape index (κ3) is 2.65. The van der Waals surface area contributed by atoms with Gasteiger partial charge in [-0.3, -0.25) is 4.99 Å². The van der Waals surface area contributed by atoms with Crippen LogP contribution in [-0.4, -0.2) is 20.9 Å². The van der Waals surface area contributed by atoms with Crippen LogP contribution >= 0.6 is 0 Å². The molecule has 0 radical (unpaired) electrons. The van der Waals surface area contributed by atoms with Gasteiger partial charge in [0, 0.05) is 17.7 Å². The Hall–Kier alpha value is -2.48. The van der Waals surface area contributed by atoms with Crippen molar-refractivity contribution in [3.63, 3.8) is 0 Å². The van der Waals surface area contributed by atoms with Gasteiger partial charge in [-0.15, -0.1) is 0 Å². The van der Waals surface area contributed by atoms with Gasteiger partial charge in [-0.05, 0) is 19.1 Å². The zero-order valence-corrected chi connectivity index (χ0v) is 12.9. The average molecular weight is 337 g/mol. The van der Waals surface area contributed by atoms with Crippen molar-refractivity contribution in [3.05, 3.63) is 48.0 Å². The van der Waals surface area contributed by atoms with E-state index in [2.05, 4.69) is 15.0 Å². The van der Waals surface area contributed by atoms with Crippen molar-refractivity contribution in [1.29, 1.82) is 0 Å². The minimum Gasteiger partial charge on any atom is -0.324 e. The zero-order chi connectivity index (χ0) is 16.6. The van der Waals surface area contributed by atoms with Gasteiger partial charge in [-0.25, -0.2) is 21.9 Å². The molecule has 0 bridgehead atoms. The topological polar surface area (TPSA) is 70.6 Å². The molecule has 1 aliphatic heterocycles. The molecule has 120 valence electrons. The molecule has 0 saturated heterocycles. The second kappa shape index (κ2) is 5.62. The summed E-state index contributed by atoms with van der Waals surface area (Å²) < 4.78 is 54.5. The molecule has 0 unspecified atom stereocenters. The van der Waals surface area contributed by atoms with E-state index in [0.29, 0.717) is 6.54 Å². The Labute approximate surface area is 132 Å². The van der Waals surface area contributed by atoms with Crippen molar-refractivity contribution in [2.45, 2.75) is 11.8 Å². The summed E-state index contributed by atoms with van der Waals surface area (Å²) in [5.41, 5.74) is 0.388. The van der Waals surface area contributed by atoms with Gasteiger partial charge in [0.1, 0.15) is 4.90 Å². The number of benzene rings is 2. The monoisotopic (exact) mass is 337 g/mol. The molecule has 2 aromatic carbocycles. The summed E-state index contributed by atoms with van der Waals surface area (Å²) in [7, 11) is -3.83. The Bertz CT molecular complexity index is 911. The maximum Gasteiger partial charge on any atom is 0.266 e. The van der Waals surface area contributed by atoms with Crippen LogP contribution in [0, 0.1) is 11.6 Å². The van der Waals surface area contributed by atoms with Crippen molar-refractivity contribution in [3.8, 4) is 11.1 Å². The first-order chi connectivity index (χ1) is 10.9. The third-order valence-electron chi connectivity index (χ3n) is 3.35. The Morgan fingerprint density at radius 1 is 1.09 bits per heavy atom. The SMILES string of the molecule is CCN=C1Nc2c(-c3cccc(F)c3F)cccc2S(=O)(=O)N1. The Morgan fingerprint density at radius 3 is 2.52 bits per heavy atom. The normalized spacial score (nSPS) is 17.3.